The Bertz CT molecular complexity index is 420. The van der Waals surface area contributed by atoms with Gasteiger partial charge in [0.1, 0.15) is 0 Å². The van der Waals surface area contributed by atoms with Crippen molar-refractivity contribution >= 4 is 0 Å². The molecule has 2 atom stereocenters. The molecule has 0 saturated carbocycles. The molecule has 0 spiro atoms. The molecule has 1 heterocycles. The minimum Gasteiger partial charge on any atom is -0.290 e. The highest BCUT2D eigenvalue weighted by atomic mass is 15.2. The maximum absolute atomic E-state index is 3.53. The Morgan fingerprint density at radius 2 is 1.79 bits per heavy atom. The third kappa shape index (κ3) is 4.11. The van der Waals surface area contributed by atoms with E-state index < -0.39 is 0 Å². The van der Waals surface area contributed by atoms with E-state index >= 15 is 0 Å². The molecule has 2 rings (SSSR count). The van der Waals surface area contributed by atoms with Crippen molar-refractivity contribution in [2.75, 3.05) is 13.1 Å². The Labute approximate surface area is 118 Å². The molecule has 0 amide bonds. The van der Waals surface area contributed by atoms with Crippen LogP contribution in [0.4, 0.5) is 0 Å². The van der Waals surface area contributed by atoms with E-state index in [0.29, 0.717) is 12.0 Å². The average Bonchev–Trinajstić information content (AvgIpc) is 2.49. The zero-order valence-electron chi connectivity index (χ0n) is 12.2. The Hall–Kier alpha value is -1.26. The van der Waals surface area contributed by atoms with Gasteiger partial charge in [-0.05, 0) is 44.0 Å². The van der Waals surface area contributed by atoms with Crippen molar-refractivity contribution in [3.8, 4) is 11.8 Å². The lowest BCUT2D eigenvalue weighted by Crippen LogP contribution is -2.42. The van der Waals surface area contributed by atoms with E-state index in [9.17, 15) is 0 Å². The van der Waals surface area contributed by atoms with Gasteiger partial charge >= 0.3 is 0 Å². The molecule has 1 fully saturated rings. The molecule has 1 aromatic rings. The highest BCUT2D eigenvalue weighted by Crippen LogP contribution is 2.19. The first-order valence-corrected chi connectivity index (χ1v) is 7.62. The largest absolute Gasteiger partial charge is 0.290 e. The highest BCUT2D eigenvalue weighted by molar-refractivity contribution is 5.35. The molecule has 102 valence electrons. The van der Waals surface area contributed by atoms with E-state index in [1.165, 1.54) is 38.8 Å². The minimum absolute atomic E-state index is 0.422. The van der Waals surface area contributed by atoms with Gasteiger partial charge in [-0.1, -0.05) is 56.7 Å². The lowest BCUT2D eigenvalue weighted by atomic mass is 9.95. The molecule has 1 nitrogen and oxygen atoms in total. The lowest BCUT2D eigenvalue weighted by Gasteiger charge is -2.34. The van der Waals surface area contributed by atoms with Gasteiger partial charge in [0.25, 0.3) is 0 Å². The van der Waals surface area contributed by atoms with Crippen LogP contribution in [0, 0.1) is 17.8 Å². The molecule has 19 heavy (non-hydrogen) atoms. The number of piperidine rings is 1. The lowest BCUT2D eigenvalue weighted by molar-refractivity contribution is 0.157. The van der Waals surface area contributed by atoms with E-state index in [0.717, 1.165) is 5.56 Å². The third-order valence-electron chi connectivity index (χ3n) is 4.11. The number of benzene rings is 1. The molecule has 1 aliphatic rings. The molecule has 2 unspecified atom stereocenters. The Kier molecular flexibility index (Phi) is 5.48. The fourth-order valence-electron chi connectivity index (χ4n) is 2.69. The van der Waals surface area contributed by atoms with Crippen molar-refractivity contribution in [3.05, 3.63) is 35.9 Å². The number of hydrogen-bond donors (Lipinski definition) is 0. The topological polar surface area (TPSA) is 3.24 Å². The van der Waals surface area contributed by atoms with E-state index in [-0.39, 0.29) is 0 Å². The predicted octanol–water partition coefficient (Wildman–Crippen LogP) is 3.94. The smallest absolute Gasteiger partial charge is 0.0744 e. The first kappa shape index (κ1) is 14.2. The standard InChI is InChI=1S/C18H25N/c1-3-16(2)18(19-14-8-5-9-15-19)13-12-17-10-6-4-7-11-17/h4,6-7,10-11,16,18H,3,5,8-9,14-15H2,1-2H3. The van der Waals surface area contributed by atoms with Crippen molar-refractivity contribution in [1.82, 2.24) is 4.90 Å². The van der Waals surface area contributed by atoms with Crippen LogP contribution in [0.25, 0.3) is 0 Å². The number of rotatable bonds is 3. The number of likely N-dealkylation sites (tertiary alicyclic amines) is 1. The summed E-state index contributed by atoms with van der Waals surface area (Å²) in [5.74, 6) is 7.55. The first-order chi connectivity index (χ1) is 9.31. The number of hydrogen-bond acceptors (Lipinski definition) is 1. The summed E-state index contributed by atoms with van der Waals surface area (Å²) in [5, 5.41) is 0. The van der Waals surface area contributed by atoms with Crippen molar-refractivity contribution in [1.29, 1.82) is 0 Å². The molecule has 0 radical (unpaired) electrons. The summed E-state index contributed by atoms with van der Waals surface area (Å²) < 4.78 is 0. The summed E-state index contributed by atoms with van der Waals surface area (Å²) in [6.45, 7) is 7.04. The monoisotopic (exact) mass is 255 g/mol. The average molecular weight is 255 g/mol. The van der Waals surface area contributed by atoms with Gasteiger partial charge in [0.2, 0.25) is 0 Å². The molecule has 1 saturated heterocycles. The molecule has 1 aromatic carbocycles. The molecule has 1 aliphatic heterocycles. The Morgan fingerprint density at radius 3 is 2.42 bits per heavy atom. The van der Waals surface area contributed by atoms with Crippen LogP contribution in [0.15, 0.2) is 30.3 Å². The summed E-state index contributed by atoms with van der Waals surface area (Å²) >= 11 is 0. The van der Waals surface area contributed by atoms with Crippen LogP contribution in [-0.4, -0.2) is 24.0 Å². The Balaban J connectivity index is 2.12. The van der Waals surface area contributed by atoms with Crippen LogP contribution in [0.1, 0.15) is 45.1 Å². The molecule has 0 bridgehead atoms. The zero-order valence-corrected chi connectivity index (χ0v) is 12.2. The fraction of sp³-hybridized carbons (Fsp3) is 0.556. The predicted molar refractivity (Wildman–Crippen MR) is 82.0 cm³/mol. The van der Waals surface area contributed by atoms with Gasteiger partial charge in [-0.2, -0.15) is 0 Å². The van der Waals surface area contributed by atoms with Gasteiger partial charge in [0, 0.05) is 5.56 Å². The highest BCUT2D eigenvalue weighted by Gasteiger charge is 2.22. The van der Waals surface area contributed by atoms with Crippen molar-refractivity contribution in [3.63, 3.8) is 0 Å². The van der Waals surface area contributed by atoms with Crippen molar-refractivity contribution in [2.45, 2.75) is 45.6 Å². The van der Waals surface area contributed by atoms with E-state index in [1.807, 2.05) is 6.07 Å². The zero-order chi connectivity index (χ0) is 13.5. The molecule has 0 aromatic heterocycles. The van der Waals surface area contributed by atoms with Gasteiger partial charge in [-0.3, -0.25) is 4.90 Å². The van der Waals surface area contributed by atoms with Gasteiger partial charge in [-0.25, -0.2) is 0 Å². The second-order valence-electron chi connectivity index (χ2n) is 5.56. The van der Waals surface area contributed by atoms with Crippen LogP contribution in [0.2, 0.25) is 0 Å². The van der Waals surface area contributed by atoms with Crippen LogP contribution in [0.3, 0.4) is 0 Å². The SMILES string of the molecule is CCC(C)C(C#Cc1ccccc1)N1CCCCC1. The molecule has 0 aliphatic carbocycles. The first-order valence-electron chi connectivity index (χ1n) is 7.62. The van der Waals surface area contributed by atoms with Gasteiger partial charge < -0.3 is 0 Å². The van der Waals surface area contributed by atoms with E-state index in [4.69, 9.17) is 0 Å². The quantitative estimate of drug-likeness (QED) is 0.740. The molecule has 0 N–H and O–H groups in total. The Morgan fingerprint density at radius 1 is 1.11 bits per heavy atom. The van der Waals surface area contributed by atoms with Gasteiger partial charge in [-0.15, -0.1) is 0 Å². The summed E-state index contributed by atoms with van der Waals surface area (Å²) in [6, 6.07) is 10.8. The summed E-state index contributed by atoms with van der Waals surface area (Å²) in [5.41, 5.74) is 1.13. The van der Waals surface area contributed by atoms with E-state index in [1.54, 1.807) is 0 Å². The normalized spacial score (nSPS) is 19.3. The van der Waals surface area contributed by atoms with E-state index in [2.05, 4.69) is 54.9 Å². The second kappa shape index (κ2) is 7.36. The van der Waals surface area contributed by atoms with Crippen molar-refractivity contribution < 1.29 is 0 Å². The summed E-state index contributed by atoms with van der Waals surface area (Å²) in [4.78, 5) is 2.59. The van der Waals surface area contributed by atoms with Crippen molar-refractivity contribution in [2.24, 2.45) is 5.92 Å². The third-order valence-corrected chi connectivity index (χ3v) is 4.11. The minimum atomic E-state index is 0.422. The van der Waals surface area contributed by atoms with Gasteiger partial charge in [0.05, 0.1) is 6.04 Å². The maximum atomic E-state index is 3.53. The molecular formula is C18H25N. The van der Waals surface area contributed by atoms with Crippen LogP contribution >= 0.6 is 0 Å². The maximum Gasteiger partial charge on any atom is 0.0744 e. The summed E-state index contributed by atoms with van der Waals surface area (Å²) in [7, 11) is 0. The van der Waals surface area contributed by atoms with Crippen LogP contribution in [0.5, 0.6) is 0 Å². The number of nitrogens with zero attached hydrogens (tertiary/aromatic N) is 1. The molecule has 1 heteroatoms. The van der Waals surface area contributed by atoms with Crippen LogP contribution < -0.4 is 0 Å². The van der Waals surface area contributed by atoms with Crippen LogP contribution in [-0.2, 0) is 0 Å². The van der Waals surface area contributed by atoms with Gasteiger partial charge in [0.15, 0.2) is 0 Å². The molecular weight excluding hydrogens is 230 g/mol. The second-order valence-corrected chi connectivity index (χ2v) is 5.56. The fourth-order valence-corrected chi connectivity index (χ4v) is 2.69. The summed E-state index contributed by atoms with van der Waals surface area (Å²) in [6.07, 6.45) is 5.25.